The molecule has 0 saturated carbocycles. The van der Waals surface area contributed by atoms with E-state index in [2.05, 4.69) is 15.5 Å². The van der Waals surface area contributed by atoms with Gasteiger partial charge in [0.25, 0.3) is 5.91 Å². The van der Waals surface area contributed by atoms with Crippen molar-refractivity contribution < 1.29 is 9.53 Å². The molecule has 0 aliphatic heterocycles. The Kier molecular flexibility index (Phi) is 9.64. The largest absolute Gasteiger partial charge is 0.390 e. The van der Waals surface area contributed by atoms with Crippen LogP contribution in [0.25, 0.3) is 0 Å². The molecule has 0 aromatic heterocycles. The van der Waals surface area contributed by atoms with Crippen LogP contribution in [0.15, 0.2) is 11.8 Å². The lowest BCUT2D eigenvalue weighted by molar-refractivity contribution is -0.117. The maximum Gasteiger partial charge on any atom is 0.263 e. The minimum atomic E-state index is -0.380. The number of carbonyl (C=O) groups is 1. The van der Waals surface area contributed by atoms with E-state index in [1.165, 1.54) is 6.20 Å². The van der Waals surface area contributed by atoms with Gasteiger partial charge in [-0.25, -0.2) is 0 Å². The summed E-state index contributed by atoms with van der Waals surface area (Å²) in [6.07, 6.45) is 2.41. The van der Waals surface area contributed by atoms with Crippen molar-refractivity contribution in [3.63, 3.8) is 0 Å². The van der Waals surface area contributed by atoms with Crippen LogP contribution in [0, 0.1) is 11.3 Å². The number of hydrogen-bond acceptors (Lipinski definition) is 5. The molecule has 0 aromatic rings. The fraction of sp³-hybridized carbons (Fsp3) is 0.667. The molecule has 6 nitrogen and oxygen atoms in total. The van der Waals surface area contributed by atoms with Crippen LogP contribution in [0.4, 0.5) is 0 Å². The number of amides is 1. The summed E-state index contributed by atoms with van der Waals surface area (Å²) in [4.78, 5) is 13.6. The standard InChI is InChI=1S/C12H22N4O2/c1-16(2)7-4-5-14-10-11(9-13)12(17)15-6-8-18-3/h10,14H,4-8H2,1-3H3,(H,15,17)/b11-10-. The number of carbonyl (C=O) groups excluding carboxylic acids is 1. The van der Waals surface area contributed by atoms with E-state index in [9.17, 15) is 4.79 Å². The molecule has 0 bridgehead atoms. The molecule has 18 heavy (non-hydrogen) atoms. The molecule has 0 atom stereocenters. The zero-order valence-corrected chi connectivity index (χ0v) is 11.3. The molecule has 0 aliphatic rings. The maximum absolute atomic E-state index is 11.5. The first-order valence-corrected chi connectivity index (χ1v) is 5.87. The predicted octanol–water partition coefficient (Wildman–Crippen LogP) is -0.302. The van der Waals surface area contributed by atoms with Gasteiger partial charge in [-0.3, -0.25) is 4.79 Å². The second-order valence-corrected chi connectivity index (χ2v) is 4.03. The number of methoxy groups -OCH3 is 1. The number of nitrogens with zero attached hydrogens (tertiary/aromatic N) is 2. The zero-order chi connectivity index (χ0) is 13.8. The highest BCUT2D eigenvalue weighted by atomic mass is 16.5. The van der Waals surface area contributed by atoms with Crippen molar-refractivity contribution in [3.8, 4) is 6.07 Å². The van der Waals surface area contributed by atoms with E-state index in [1.807, 2.05) is 20.2 Å². The molecule has 0 saturated heterocycles. The van der Waals surface area contributed by atoms with E-state index in [4.69, 9.17) is 10.00 Å². The van der Waals surface area contributed by atoms with E-state index >= 15 is 0 Å². The highest BCUT2D eigenvalue weighted by Gasteiger charge is 2.06. The van der Waals surface area contributed by atoms with Gasteiger partial charge in [-0.15, -0.1) is 0 Å². The molecule has 6 heteroatoms. The lowest BCUT2D eigenvalue weighted by Gasteiger charge is -2.08. The highest BCUT2D eigenvalue weighted by Crippen LogP contribution is 1.90. The van der Waals surface area contributed by atoms with Gasteiger partial charge >= 0.3 is 0 Å². The van der Waals surface area contributed by atoms with Gasteiger partial charge in [0.05, 0.1) is 6.61 Å². The first-order valence-electron chi connectivity index (χ1n) is 5.87. The fourth-order valence-corrected chi connectivity index (χ4v) is 1.18. The van der Waals surface area contributed by atoms with Crippen molar-refractivity contribution in [1.29, 1.82) is 5.26 Å². The van der Waals surface area contributed by atoms with Crippen LogP contribution in [0.5, 0.6) is 0 Å². The topological polar surface area (TPSA) is 77.4 Å². The lowest BCUT2D eigenvalue weighted by Crippen LogP contribution is -2.29. The van der Waals surface area contributed by atoms with Gasteiger partial charge in [0.15, 0.2) is 0 Å². The second-order valence-electron chi connectivity index (χ2n) is 4.03. The predicted molar refractivity (Wildman–Crippen MR) is 69.8 cm³/mol. The summed E-state index contributed by atoms with van der Waals surface area (Å²) >= 11 is 0. The summed E-state index contributed by atoms with van der Waals surface area (Å²) in [5, 5.41) is 14.4. The van der Waals surface area contributed by atoms with Crippen molar-refractivity contribution in [3.05, 3.63) is 11.8 Å². The Bertz CT molecular complexity index is 308. The number of hydrogen-bond donors (Lipinski definition) is 2. The van der Waals surface area contributed by atoms with Crippen LogP contribution in [-0.2, 0) is 9.53 Å². The molecule has 0 aromatic carbocycles. The molecule has 0 radical (unpaired) electrons. The number of rotatable bonds is 9. The van der Waals surface area contributed by atoms with E-state index < -0.39 is 0 Å². The van der Waals surface area contributed by atoms with Crippen molar-refractivity contribution >= 4 is 5.91 Å². The lowest BCUT2D eigenvalue weighted by atomic mass is 10.3. The molecule has 102 valence electrons. The second kappa shape index (κ2) is 10.6. The summed E-state index contributed by atoms with van der Waals surface area (Å²) in [7, 11) is 5.55. The molecule has 2 N–H and O–H groups in total. The average Bonchev–Trinajstić information content (AvgIpc) is 2.33. The number of ether oxygens (including phenoxy) is 1. The number of nitriles is 1. The van der Waals surface area contributed by atoms with E-state index in [-0.39, 0.29) is 11.5 Å². The van der Waals surface area contributed by atoms with Gasteiger partial charge in [-0.05, 0) is 27.1 Å². The van der Waals surface area contributed by atoms with Gasteiger partial charge in [0.1, 0.15) is 11.6 Å². The molecule has 0 heterocycles. The Balaban J connectivity index is 3.92. The Labute approximate surface area is 109 Å². The van der Waals surface area contributed by atoms with E-state index in [0.29, 0.717) is 13.2 Å². The van der Waals surface area contributed by atoms with E-state index in [0.717, 1.165) is 19.5 Å². The van der Waals surface area contributed by atoms with Crippen LogP contribution in [0.1, 0.15) is 6.42 Å². The molecule has 0 spiro atoms. The first kappa shape index (κ1) is 16.4. The van der Waals surface area contributed by atoms with Crippen LogP contribution >= 0.6 is 0 Å². The van der Waals surface area contributed by atoms with Crippen molar-refractivity contribution in [2.24, 2.45) is 0 Å². The monoisotopic (exact) mass is 254 g/mol. The molecule has 0 rings (SSSR count). The third-order valence-corrected chi connectivity index (χ3v) is 2.13. The SMILES string of the molecule is COCCNC(=O)/C(C#N)=C\NCCCN(C)C. The van der Waals surface area contributed by atoms with Gasteiger partial charge in [0, 0.05) is 26.4 Å². The molecular formula is C12H22N4O2. The van der Waals surface area contributed by atoms with E-state index in [1.54, 1.807) is 7.11 Å². The molecule has 0 unspecified atom stereocenters. The third kappa shape index (κ3) is 8.56. The molecule has 1 amide bonds. The average molecular weight is 254 g/mol. The summed E-state index contributed by atoms with van der Waals surface area (Å²) in [5.41, 5.74) is 0.0796. The van der Waals surface area contributed by atoms with Crippen molar-refractivity contribution in [2.75, 3.05) is 47.4 Å². The smallest absolute Gasteiger partial charge is 0.263 e. The minimum Gasteiger partial charge on any atom is -0.390 e. The Hall–Kier alpha value is -1.58. The van der Waals surface area contributed by atoms with Crippen LogP contribution in [-0.4, -0.2) is 58.3 Å². The summed E-state index contributed by atoms with van der Waals surface area (Å²) in [6.45, 7) is 2.52. The number of nitrogens with one attached hydrogen (secondary N) is 2. The Morgan fingerprint density at radius 1 is 1.44 bits per heavy atom. The van der Waals surface area contributed by atoms with Crippen LogP contribution in [0.2, 0.25) is 0 Å². The van der Waals surface area contributed by atoms with Crippen LogP contribution in [0.3, 0.4) is 0 Å². The first-order chi connectivity index (χ1) is 8.61. The normalized spacial score (nSPS) is 11.2. The quantitative estimate of drug-likeness (QED) is 0.335. The van der Waals surface area contributed by atoms with Gasteiger partial charge in [-0.1, -0.05) is 0 Å². The molecular weight excluding hydrogens is 232 g/mol. The highest BCUT2D eigenvalue weighted by molar-refractivity contribution is 5.97. The van der Waals surface area contributed by atoms with Gasteiger partial charge in [0.2, 0.25) is 0 Å². The summed E-state index contributed by atoms with van der Waals surface area (Å²) < 4.78 is 4.80. The van der Waals surface area contributed by atoms with Crippen molar-refractivity contribution in [2.45, 2.75) is 6.42 Å². The molecule has 0 aliphatic carbocycles. The fourth-order valence-electron chi connectivity index (χ4n) is 1.18. The molecule has 0 fully saturated rings. The third-order valence-electron chi connectivity index (χ3n) is 2.13. The van der Waals surface area contributed by atoms with Crippen molar-refractivity contribution in [1.82, 2.24) is 15.5 Å². The Morgan fingerprint density at radius 3 is 2.72 bits per heavy atom. The van der Waals surface area contributed by atoms with Gasteiger partial charge in [-0.2, -0.15) is 5.26 Å². The summed E-state index contributed by atoms with van der Waals surface area (Å²) in [6, 6.07) is 1.86. The Morgan fingerprint density at radius 2 is 2.17 bits per heavy atom. The zero-order valence-electron chi connectivity index (χ0n) is 11.3. The maximum atomic E-state index is 11.5. The minimum absolute atomic E-state index is 0.0796. The van der Waals surface area contributed by atoms with Gasteiger partial charge < -0.3 is 20.3 Å². The van der Waals surface area contributed by atoms with Crippen LogP contribution < -0.4 is 10.6 Å². The summed E-state index contributed by atoms with van der Waals surface area (Å²) in [5.74, 6) is -0.380.